The molecule has 1 heterocycles. The fourth-order valence-corrected chi connectivity index (χ4v) is 2.55. The third-order valence-electron chi connectivity index (χ3n) is 3.85. The van der Waals surface area contributed by atoms with E-state index in [4.69, 9.17) is 9.47 Å². The summed E-state index contributed by atoms with van der Waals surface area (Å²) >= 11 is 0. The Bertz CT molecular complexity index is 407. The number of aliphatic hydroxyl groups excluding tert-OH is 1. The highest BCUT2D eigenvalue weighted by molar-refractivity contribution is 5.28. The molecule has 1 aromatic carbocycles. The Morgan fingerprint density at radius 3 is 2.76 bits per heavy atom. The zero-order valence-corrected chi connectivity index (χ0v) is 13.1. The molecule has 21 heavy (non-hydrogen) atoms. The monoisotopic (exact) mass is 293 g/mol. The van der Waals surface area contributed by atoms with E-state index in [1.807, 2.05) is 24.3 Å². The predicted octanol–water partition coefficient (Wildman–Crippen LogP) is 2.62. The van der Waals surface area contributed by atoms with Crippen LogP contribution in [0.1, 0.15) is 38.4 Å². The van der Waals surface area contributed by atoms with Gasteiger partial charge in [0.25, 0.3) is 0 Å². The van der Waals surface area contributed by atoms with Gasteiger partial charge in [-0.1, -0.05) is 26.0 Å². The lowest BCUT2D eigenvalue weighted by Crippen LogP contribution is -2.43. The second kappa shape index (κ2) is 8.37. The fourth-order valence-electron chi connectivity index (χ4n) is 2.55. The van der Waals surface area contributed by atoms with Gasteiger partial charge in [-0.25, -0.2) is 0 Å². The van der Waals surface area contributed by atoms with Crippen molar-refractivity contribution in [1.29, 1.82) is 0 Å². The molecular weight excluding hydrogens is 266 g/mol. The maximum absolute atomic E-state index is 10.4. The average Bonchev–Trinajstić information content (AvgIpc) is 2.53. The highest BCUT2D eigenvalue weighted by atomic mass is 16.5. The first kappa shape index (κ1) is 16.3. The van der Waals surface area contributed by atoms with Crippen molar-refractivity contribution in [1.82, 2.24) is 4.90 Å². The minimum Gasteiger partial charge on any atom is -0.494 e. The highest BCUT2D eigenvalue weighted by Gasteiger charge is 2.21. The lowest BCUT2D eigenvalue weighted by atomic mass is 10.1. The van der Waals surface area contributed by atoms with Gasteiger partial charge in [-0.15, -0.1) is 0 Å². The summed E-state index contributed by atoms with van der Waals surface area (Å²) in [6.45, 7) is 8.18. The Morgan fingerprint density at radius 2 is 2.10 bits per heavy atom. The van der Waals surface area contributed by atoms with Crippen LogP contribution in [0.15, 0.2) is 24.3 Å². The van der Waals surface area contributed by atoms with E-state index < -0.39 is 6.10 Å². The number of hydrogen-bond donors (Lipinski definition) is 1. The van der Waals surface area contributed by atoms with Gasteiger partial charge in [-0.05, 0) is 30.5 Å². The van der Waals surface area contributed by atoms with Crippen molar-refractivity contribution in [2.75, 3.05) is 32.8 Å². The van der Waals surface area contributed by atoms with Gasteiger partial charge in [-0.2, -0.15) is 0 Å². The smallest absolute Gasteiger partial charge is 0.119 e. The summed E-state index contributed by atoms with van der Waals surface area (Å²) in [6, 6.07) is 7.77. The second-order valence-corrected chi connectivity index (χ2v) is 5.59. The number of morpholine rings is 1. The van der Waals surface area contributed by atoms with Crippen LogP contribution in [0.5, 0.6) is 5.75 Å². The Labute approximate surface area is 127 Å². The van der Waals surface area contributed by atoms with Crippen molar-refractivity contribution >= 4 is 0 Å². The number of hydrogen-bond acceptors (Lipinski definition) is 4. The third kappa shape index (κ3) is 4.99. The van der Waals surface area contributed by atoms with E-state index in [9.17, 15) is 5.11 Å². The van der Waals surface area contributed by atoms with E-state index in [1.165, 1.54) is 0 Å². The van der Waals surface area contributed by atoms with Crippen LogP contribution in [-0.2, 0) is 4.74 Å². The van der Waals surface area contributed by atoms with Gasteiger partial charge in [0.1, 0.15) is 5.75 Å². The third-order valence-corrected chi connectivity index (χ3v) is 3.85. The van der Waals surface area contributed by atoms with Crippen LogP contribution in [-0.4, -0.2) is 49.0 Å². The molecule has 0 spiro atoms. The van der Waals surface area contributed by atoms with Crippen LogP contribution >= 0.6 is 0 Å². The summed E-state index contributed by atoms with van der Waals surface area (Å²) in [5, 5.41) is 10.4. The Hall–Kier alpha value is -1.10. The molecule has 0 aliphatic carbocycles. The van der Waals surface area contributed by atoms with E-state index in [2.05, 4.69) is 18.7 Å². The first-order valence-corrected chi connectivity index (χ1v) is 7.97. The van der Waals surface area contributed by atoms with Gasteiger partial charge >= 0.3 is 0 Å². The number of rotatable bonds is 7. The first-order chi connectivity index (χ1) is 10.2. The molecule has 4 nitrogen and oxygen atoms in total. The SMILES string of the molecule is CCCOc1ccc(C(O)CN2CCOC(CC)C2)cc1. The van der Waals surface area contributed by atoms with Gasteiger partial charge in [-0.3, -0.25) is 4.90 Å². The quantitative estimate of drug-likeness (QED) is 0.839. The van der Waals surface area contributed by atoms with E-state index in [1.54, 1.807) is 0 Å². The molecule has 0 bridgehead atoms. The maximum Gasteiger partial charge on any atom is 0.119 e. The molecule has 0 saturated carbocycles. The molecular formula is C17H27NO3. The Morgan fingerprint density at radius 1 is 1.33 bits per heavy atom. The Balaban J connectivity index is 1.86. The van der Waals surface area contributed by atoms with Crippen molar-refractivity contribution in [3.05, 3.63) is 29.8 Å². The van der Waals surface area contributed by atoms with Gasteiger partial charge in [0.2, 0.25) is 0 Å². The van der Waals surface area contributed by atoms with Crippen molar-refractivity contribution in [3.8, 4) is 5.75 Å². The number of nitrogens with zero attached hydrogens (tertiary/aromatic N) is 1. The topological polar surface area (TPSA) is 41.9 Å². The fraction of sp³-hybridized carbons (Fsp3) is 0.647. The first-order valence-electron chi connectivity index (χ1n) is 7.97. The molecule has 4 heteroatoms. The minimum atomic E-state index is -0.458. The van der Waals surface area contributed by atoms with Crippen molar-refractivity contribution in [2.45, 2.75) is 38.9 Å². The zero-order chi connectivity index (χ0) is 15.1. The molecule has 1 aliphatic rings. The van der Waals surface area contributed by atoms with Gasteiger partial charge in [0.15, 0.2) is 0 Å². The molecule has 1 fully saturated rings. The summed E-state index contributed by atoms with van der Waals surface area (Å²) in [5.74, 6) is 0.866. The minimum absolute atomic E-state index is 0.302. The summed E-state index contributed by atoms with van der Waals surface area (Å²) in [5.41, 5.74) is 0.943. The summed E-state index contributed by atoms with van der Waals surface area (Å²) in [6.07, 6.45) is 1.87. The molecule has 1 aromatic rings. The number of β-amino-alcohol motifs (C(OH)–C–C–N with tert-alkyl or cyclic N) is 1. The van der Waals surface area contributed by atoms with E-state index >= 15 is 0 Å². The van der Waals surface area contributed by atoms with Crippen LogP contribution in [0.25, 0.3) is 0 Å². The van der Waals surface area contributed by atoms with Crippen LogP contribution in [0.3, 0.4) is 0 Å². The van der Waals surface area contributed by atoms with E-state index in [0.717, 1.165) is 50.5 Å². The van der Waals surface area contributed by atoms with Crippen molar-refractivity contribution in [3.63, 3.8) is 0 Å². The molecule has 1 saturated heterocycles. The summed E-state index contributed by atoms with van der Waals surface area (Å²) in [7, 11) is 0. The number of benzene rings is 1. The molecule has 0 aromatic heterocycles. The molecule has 2 unspecified atom stereocenters. The van der Waals surface area contributed by atoms with E-state index in [0.29, 0.717) is 12.6 Å². The molecule has 2 atom stereocenters. The second-order valence-electron chi connectivity index (χ2n) is 5.59. The molecule has 0 radical (unpaired) electrons. The molecule has 0 amide bonds. The zero-order valence-electron chi connectivity index (χ0n) is 13.1. The highest BCUT2D eigenvalue weighted by Crippen LogP contribution is 2.20. The summed E-state index contributed by atoms with van der Waals surface area (Å²) in [4.78, 5) is 2.28. The molecule has 1 aliphatic heterocycles. The van der Waals surface area contributed by atoms with Crippen LogP contribution in [0.2, 0.25) is 0 Å². The van der Waals surface area contributed by atoms with Gasteiger partial charge < -0.3 is 14.6 Å². The average molecular weight is 293 g/mol. The van der Waals surface area contributed by atoms with E-state index in [-0.39, 0.29) is 0 Å². The molecule has 1 N–H and O–H groups in total. The van der Waals surface area contributed by atoms with Crippen LogP contribution in [0.4, 0.5) is 0 Å². The normalized spacial score (nSPS) is 21.2. The van der Waals surface area contributed by atoms with Gasteiger partial charge in [0, 0.05) is 19.6 Å². The summed E-state index contributed by atoms with van der Waals surface area (Å²) < 4.78 is 11.2. The molecule has 2 rings (SSSR count). The number of aliphatic hydroxyl groups is 1. The number of ether oxygens (including phenoxy) is 2. The van der Waals surface area contributed by atoms with Gasteiger partial charge in [0.05, 0.1) is 25.4 Å². The van der Waals surface area contributed by atoms with Crippen LogP contribution < -0.4 is 4.74 Å². The van der Waals surface area contributed by atoms with Crippen molar-refractivity contribution in [2.24, 2.45) is 0 Å². The lowest BCUT2D eigenvalue weighted by Gasteiger charge is -2.33. The van der Waals surface area contributed by atoms with Crippen LogP contribution in [0, 0.1) is 0 Å². The Kier molecular flexibility index (Phi) is 6.49. The predicted molar refractivity (Wildman–Crippen MR) is 83.7 cm³/mol. The van der Waals surface area contributed by atoms with Crippen molar-refractivity contribution < 1.29 is 14.6 Å². The largest absolute Gasteiger partial charge is 0.494 e. The molecule has 118 valence electrons. The lowest BCUT2D eigenvalue weighted by molar-refractivity contribution is -0.0418. The maximum atomic E-state index is 10.4. The standard InChI is InChI=1S/C17H27NO3/c1-3-10-20-16-7-5-14(6-8-16)17(19)13-18-9-11-21-15(4-2)12-18/h5-8,15,17,19H,3-4,9-13H2,1-2H3.